The van der Waals surface area contributed by atoms with Crippen molar-refractivity contribution in [1.82, 2.24) is 20.1 Å². The molecule has 1 unspecified atom stereocenters. The summed E-state index contributed by atoms with van der Waals surface area (Å²) in [7, 11) is 1.76. The van der Waals surface area contributed by atoms with Crippen molar-refractivity contribution in [3.63, 3.8) is 0 Å². The number of nitrogens with zero attached hydrogens (tertiary/aromatic N) is 3. The smallest absolute Gasteiger partial charge is 0.273 e. The van der Waals surface area contributed by atoms with Crippen molar-refractivity contribution < 1.29 is 9.21 Å². The minimum atomic E-state index is -0.348. The van der Waals surface area contributed by atoms with Crippen LogP contribution in [0.2, 0.25) is 0 Å². The highest BCUT2D eigenvalue weighted by atomic mass is 79.9. The van der Waals surface area contributed by atoms with Crippen LogP contribution < -0.4 is 5.32 Å². The molecule has 2 aromatic heterocycles. The Balaban J connectivity index is 1.81. The summed E-state index contributed by atoms with van der Waals surface area (Å²) in [6.07, 6.45) is 1.72. The van der Waals surface area contributed by atoms with Crippen LogP contribution in [0.5, 0.6) is 0 Å². The monoisotopic (exact) mass is 348 g/mol. The SMILES string of the molecule is CC(NC(=O)c1nn(C)cc1Br)c1nc2ccccc2o1. The Morgan fingerprint density at radius 3 is 2.86 bits per heavy atom. The molecule has 0 bridgehead atoms. The van der Waals surface area contributed by atoms with Crippen LogP contribution in [0.1, 0.15) is 29.3 Å². The van der Waals surface area contributed by atoms with Crippen molar-refractivity contribution in [3.8, 4) is 0 Å². The number of carbonyl (C=O) groups is 1. The van der Waals surface area contributed by atoms with Crippen LogP contribution >= 0.6 is 15.9 Å². The second-order valence-electron chi connectivity index (χ2n) is 4.71. The lowest BCUT2D eigenvalue weighted by molar-refractivity contribution is 0.0928. The van der Waals surface area contributed by atoms with Gasteiger partial charge in [0, 0.05) is 13.2 Å². The van der Waals surface area contributed by atoms with Gasteiger partial charge in [0.1, 0.15) is 11.6 Å². The lowest BCUT2D eigenvalue weighted by atomic mass is 10.3. The highest BCUT2D eigenvalue weighted by molar-refractivity contribution is 9.10. The number of benzene rings is 1. The fourth-order valence-electron chi connectivity index (χ4n) is 2.02. The van der Waals surface area contributed by atoms with E-state index in [1.165, 1.54) is 0 Å². The molecule has 1 aromatic carbocycles. The van der Waals surface area contributed by atoms with E-state index in [4.69, 9.17) is 4.42 Å². The molecule has 1 atom stereocenters. The normalized spacial score (nSPS) is 12.5. The number of aromatic nitrogens is 3. The maximum atomic E-state index is 12.2. The van der Waals surface area contributed by atoms with E-state index in [2.05, 4.69) is 31.3 Å². The second kappa shape index (κ2) is 5.33. The van der Waals surface area contributed by atoms with E-state index in [-0.39, 0.29) is 11.9 Å². The third-order valence-electron chi connectivity index (χ3n) is 3.03. The van der Waals surface area contributed by atoms with Gasteiger partial charge in [-0.3, -0.25) is 9.48 Å². The largest absolute Gasteiger partial charge is 0.438 e. The molecular weight excluding hydrogens is 336 g/mol. The van der Waals surface area contributed by atoms with E-state index in [1.54, 1.807) is 17.9 Å². The zero-order valence-corrected chi connectivity index (χ0v) is 13.1. The van der Waals surface area contributed by atoms with Gasteiger partial charge >= 0.3 is 0 Å². The Hall–Kier alpha value is -2.15. The Labute approximate surface area is 129 Å². The number of aryl methyl sites for hydroxylation is 1. The predicted octanol–water partition coefficient (Wildman–Crippen LogP) is 2.81. The van der Waals surface area contributed by atoms with Crippen molar-refractivity contribution >= 4 is 32.9 Å². The highest BCUT2D eigenvalue weighted by Gasteiger charge is 2.20. The molecule has 0 spiro atoms. The molecular formula is C14H13BrN4O2. The zero-order valence-electron chi connectivity index (χ0n) is 11.5. The molecule has 108 valence electrons. The molecule has 3 rings (SSSR count). The van der Waals surface area contributed by atoms with Crippen molar-refractivity contribution in [2.75, 3.05) is 0 Å². The molecule has 0 saturated heterocycles. The molecule has 21 heavy (non-hydrogen) atoms. The molecule has 3 aromatic rings. The number of carbonyl (C=O) groups excluding carboxylic acids is 1. The maximum Gasteiger partial charge on any atom is 0.273 e. The summed E-state index contributed by atoms with van der Waals surface area (Å²) < 4.78 is 7.86. The first-order chi connectivity index (χ1) is 10.0. The summed E-state index contributed by atoms with van der Waals surface area (Å²) in [5, 5.41) is 6.93. The number of amides is 1. The number of rotatable bonds is 3. The Kier molecular flexibility index (Phi) is 3.50. The van der Waals surface area contributed by atoms with E-state index in [1.807, 2.05) is 31.2 Å². The van der Waals surface area contributed by atoms with Crippen LogP contribution in [0, 0.1) is 0 Å². The van der Waals surface area contributed by atoms with Gasteiger partial charge in [-0.15, -0.1) is 0 Å². The summed E-state index contributed by atoms with van der Waals surface area (Å²) >= 11 is 3.31. The number of para-hydroxylation sites is 2. The van der Waals surface area contributed by atoms with Crippen molar-refractivity contribution in [2.24, 2.45) is 7.05 Å². The van der Waals surface area contributed by atoms with Crippen LogP contribution in [-0.4, -0.2) is 20.7 Å². The van der Waals surface area contributed by atoms with Crippen LogP contribution in [0.3, 0.4) is 0 Å². The van der Waals surface area contributed by atoms with Gasteiger partial charge in [-0.2, -0.15) is 5.10 Å². The second-order valence-corrected chi connectivity index (χ2v) is 5.57. The fourth-order valence-corrected chi connectivity index (χ4v) is 2.57. The quantitative estimate of drug-likeness (QED) is 0.789. The van der Waals surface area contributed by atoms with Gasteiger partial charge in [-0.05, 0) is 35.0 Å². The van der Waals surface area contributed by atoms with E-state index in [9.17, 15) is 4.79 Å². The van der Waals surface area contributed by atoms with Gasteiger partial charge < -0.3 is 9.73 Å². The van der Waals surface area contributed by atoms with Gasteiger partial charge in [-0.25, -0.2) is 4.98 Å². The lowest BCUT2D eigenvalue weighted by Gasteiger charge is -2.08. The summed E-state index contributed by atoms with van der Waals surface area (Å²) in [6, 6.07) is 7.13. The molecule has 6 nitrogen and oxygen atoms in total. The van der Waals surface area contributed by atoms with Gasteiger partial charge in [-0.1, -0.05) is 12.1 Å². The molecule has 0 saturated carbocycles. The standard InChI is InChI=1S/C14H13BrN4O2/c1-8(14-17-10-5-3-4-6-11(10)21-14)16-13(20)12-9(15)7-19(2)18-12/h3-8H,1-2H3,(H,16,20). The van der Waals surface area contributed by atoms with Gasteiger partial charge in [0.05, 0.1) is 4.47 Å². The van der Waals surface area contributed by atoms with Gasteiger partial charge in [0.25, 0.3) is 5.91 Å². The van der Waals surface area contributed by atoms with Crippen LogP contribution in [0.25, 0.3) is 11.1 Å². The van der Waals surface area contributed by atoms with Crippen LogP contribution in [-0.2, 0) is 7.05 Å². The molecule has 0 aliphatic carbocycles. The van der Waals surface area contributed by atoms with E-state index >= 15 is 0 Å². The number of oxazole rings is 1. The maximum absolute atomic E-state index is 12.2. The number of hydrogen-bond acceptors (Lipinski definition) is 4. The Morgan fingerprint density at radius 1 is 1.43 bits per heavy atom. The zero-order chi connectivity index (χ0) is 15.0. The fraction of sp³-hybridized carbons (Fsp3) is 0.214. The van der Waals surface area contributed by atoms with E-state index in [0.29, 0.717) is 21.6 Å². The molecule has 2 heterocycles. The highest BCUT2D eigenvalue weighted by Crippen LogP contribution is 2.21. The Bertz CT molecular complexity index is 775. The minimum Gasteiger partial charge on any atom is -0.438 e. The molecule has 7 heteroatoms. The number of fused-ring (bicyclic) bond motifs is 1. The third kappa shape index (κ3) is 2.69. The number of halogens is 1. The summed E-state index contributed by atoms with van der Waals surface area (Å²) in [4.78, 5) is 16.6. The first kappa shape index (κ1) is 13.8. The van der Waals surface area contributed by atoms with Gasteiger partial charge in [0.2, 0.25) is 5.89 Å². The van der Waals surface area contributed by atoms with Crippen LogP contribution in [0.15, 0.2) is 39.4 Å². The summed E-state index contributed by atoms with van der Waals surface area (Å²) in [5.74, 6) is 0.189. The lowest BCUT2D eigenvalue weighted by Crippen LogP contribution is -2.27. The molecule has 0 radical (unpaired) electrons. The topological polar surface area (TPSA) is 73.0 Å². The summed E-state index contributed by atoms with van der Waals surface area (Å²) in [6.45, 7) is 1.82. The van der Waals surface area contributed by atoms with E-state index in [0.717, 1.165) is 5.52 Å². The number of nitrogens with one attached hydrogen (secondary N) is 1. The molecule has 0 fully saturated rings. The molecule has 1 N–H and O–H groups in total. The summed E-state index contributed by atoms with van der Waals surface area (Å²) in [5.41, 5.74) is 1.81. The van der Waals surface area contributed by atoms with E-state index < -0.39 is 0 Å². The van der Waals surface area contributed by atoms with Gasteiger partial charge in [0.15, 0.2) is 11.3 Å². The average Bonchev–Trinajstić information content (AvgIpc) is 3.01. The molecule has 0 aliphatic heterocycles. The molecule has 0 aliphatic rings. The Morgan fingerprint density at radius 2 is 2.19 bits per heavy atom. The first-order valence-electron chi connectivity index (χ1n) is 6.40. The van der Waals surface area contributed by atoms with Crippen LogP contribution in [0.4, 0.5) is 0 Å². The van der Waals surface area contributed by atoms with Crippen molar-refractivity contribution in [1.29, 1.82) is 0 Å². The predicted molar refractivity (Wildman–Crippen MR) is 80.8 cm³/mol. The number of hydrogen-bond donors (Lipinski definition) is 1. The third-order valence-corrected chi connectivity index (χ3v) is 3.61. The van der Waals surface area contributed by atoms with Crippen molar-refractivity contribution in [3.05, 3.63) is 46.5 Å². The minimum absolute atomic E-state index is 0.280. The van der Waals surface area contributed by atoms with Crippen molar-refractivity contribution in [2.45, 2.75) is 13.0 Å². The molecule has 1 amide bonds. The average molecular weight is 349 g/mol. The first-order valence-corrected chi connectivity index (χ1v) is 7.19.